The summed E-state index contributed by atoms with van der Waals surface area (Å²) in [6.45, 7) is 3.43. The number of aryl methyl sites for hydroxylation is 2. The molecule has 0 bridgehead atoms. The van der Waals surface area contributed by atoms with Gasteiger partial charge >= 0.3 is 0 Å². The molecule has 0 saturated carbocycles. The summed E-state index contributed by atoms with van der Waals surface area (Å²) in [4.78, 5) is 10.9. The van der Waals surface area contributed by atoms with Crippen LogP contribution in [0.5, 0.6) is 0 Å². The van der Waals surface area contributed by atoms with E-state index in [1.807, 2.05) is 32.0 Å². The fourth-order valence-corrected chi connectivity index (χ4v) is 1.14. The van der Waals surface area contributed by atoms with Gasteiger partial charge in [0.2, 0.25) is 5.91 Å². The molecule has 0 radical (unpaired) electrons. The summed E-state index contributed by atoms with van der Waals surface area (Å²) in [6, 6.07) is 5.73. The first-order chi connectivity index (χ1) is 6.13. The molecule has 2 N–H and O–H groups in total. The summed E-state index contributed by atoms with van der Waals surface area (Å²) in [6.07, 6.45) is 0. The van der Waals surface area contributed by atoms with Crippen LogP contribution in [0.3, 0.4) is 0 Å². The molecule has 0 fully saturated rings. The molecule has 0 aliphatic heterocycles. The zero-order chi connectivity index (χ0) is 9.84. The van der Waals surface area contributed by atoms with Gasteiger partial charge in [0.05, 0.1) is 0 Å². The average Bonchev–Trinajstić information content (AvgIpc) is 2.09. The van der Waals surface area contributed by atoms with Crippen molar-refractivity contribution in [3.8, 4) is 0 Å². The highest BCUT2D eigenvalue weighted by Gasteiger charge is 2.02. The van der Waals surface area contributed by atoms with Crippen LogP contribution < -0.4 is 5.32 Å². The quantitative estimate of drug-likeness (QED) is 0.717. The number of nitrogens with one attached hydrogen (secondary N) is 1. The lowest BCUT2D eigenvalue weighted by atomic mass is 10.1. The maximum absolute atomic E-state index is 10.9. The molecular formula is C10H13NO2. The molecule has 0 spiro atoms. The van der Waals surface area contributed by atoms with Crippen molar-refractivity contribution in [1.82, 2.24) is 0 Å². The molecule has 3 heteroatoms. The number of hydrogen-bond acceptors (Lipinski definition) is 2. The molecule has 0 aliphatic carbocycles. The number of rotatable bonds is 2. The number of aliphatic hydroxyl groups excluding tert-OH is 1. The van der Waals surface area contributed by atoms with Gasteiger partial charge in [0.1, 0.15) is 6.61 Å². The van der Waals surface area contributed by atoms with Crippen LogP contribution in [-0.2, 0) is 4.79 Å². The molecule has 1 aromatic rings. The Morgan fingerprint density at radius 1 is 1.46 bits per heavy atom. The minimum Gasteiger partial charge on any atom is -0.387 e. The summed E-state index contributed by atoms with van der Waals surface area (Å²) in [5.41, 5.74) is 2.91. The maximum Gasteiger partial charge on any atom is 0.250 e. The summed E-state index contributed by atoms with van der Waals surface area (Å²) in [7, 11) is 0. The van der Waals surface area contributed by atoms with Crippen molar-refractivity contribution >= 4 is 11.6 Å². The van der Waals surface area contributed by atoms with E-state index in [0.717, 1.165) is 16.8 Å². The number of hydrogen-bond donors (Lipinski definition) is 2. The lowest BCUT2D eigenvalue weighted by molar-refractivity contribution is -0.118. The van der Waals surface area contributed by atoms with Crippen LogP contribution in [0.2, 0.25) is 0 Å². The van der Waals surface area contributed by atoms with E-state index in [9.17, 15) is 4.79 Å². The second-order valence-electron chi connectivity index (χ2n) is 3.02. The predicted molar refractivity (Wildman–Crippen MR) is 51.6 cm³/mol. The summed E-state index contributed by atoms with van der Waals surface area (Å²) >= 11 is 0. The van der Waals surface area contributed by atoms with Gasteiger partial charge in [0.25, 0.3) is 0 Å². The Balaban J connectivity index is 2.83. The van der Waals surface area contributed by atoms with Gasteiger partial charge in [0, 0.05) is 5.69 Å². The lowest BCUT2D eigenvalue weighted by Gasteiger charge is -2.07. The van der Waals surface area contributed by atoms with E-state index in [1.54, 1.807) is 0 Å². The lowest BCUT2D eigenvalue weighted by Crippen LogP contribution is -2.16. The first-order valence-electron chi connectivity index (χ1n) is 4.11. The van der Waals surface area contributed by atoms with E-state index >= 15 is 0 Å². The van der Waals surface area contributed by atoms with E-state index in [2.05, 4.69) is 5.32 Å². The number of anilines is 1. The Morgan fingerprint density at radius 2 is 2.15 bits per heavy atom. The highest BCUT2D eigenvalue weighted by Crippen LogP contribution is 2.15. The Labute approximate surface area is 77.4 Å². The predicted octanol–water partition coefficient (Wildman–Crippen LogP) is 1.23. The third-order valence-corrected chi connectivity index (χ3v) is 1.80. The zero-order valence-corrected chi connectivity index (χ0v) is 7.79. The molecule has 1 aromatic carbocycles. The number of carbonyl (C=O) groups excluding carboxylic acids is 1. The third-order valence-electron chi connectivity index (χ3n) is 1.80. The van der Waals surface area contributed by atoms with Gasteiger partial charge < -0.3 is 10.4 Å². The molecule has 0 aliphatic rings. The Bertz CT molecular complexity index is 321. The molecule has 0 atom stereocenters. The highest BCUT2D eigenvalue weighted by atomic mass is 16.3. The van der Waals surface area contributed by atoms with E-state index in [1.165, 1.54) is 0 Å². The van der Waals surface area contributed by atoms with Gasteiger partial charge in [-0.2, -0.15) is 0 Å². The molecule has 13 heavy (non-hydrogen) atoms. The summed E-state index contributed by atoms with van der Waals surface area (Å²) in [5, 5.41) is 11.1. The molecule has 1 amide bonds. The second-order valence-corrected chi connectivity index (χ2v) is 3.02. The van der Waals surface area contributed by atoms with E-state index in [4.69, 9.17) is 5.11 Å². The second kappa shape index (κ2) is 4.05. The van der Waals surface area contributed by atoms with Crippen molar-refractivity contribution in [3.63, 3.8) is 0 Å². The van der Waals surface area contributed by atoms with E-state index in [0.29, 0.717) is 0 Å². The van der Waals surface area contributed by atoms with E-state index in [-0.39, 0.29) is 5.91 Å². The highest BCUT2D eigenvalue weighted by molar-refractivity contribution is 5.92. The van der Waals surface area contributed by atoms with Gasteiger partial charge in [-0.05, 0) is 25.5 Å². The number of benzene rings is 1. The van der Waals surface area contributed by atoms with Gasteiger partial charge in [-0.1, -0.05) is 17.7 Å². The smallest absolute Gasteiger partial charge is 0.250 e. The van der Waals surface area contributed by atoms with Crippen LogP contribution in [0.25, 0.3) is 0 Å². The van der Waals surface area contributed by atoms with Crippen LogP contribution in [0.15, 0.2) is 18.2 Å². The molecule has 0 aromatic heterocycles. The first-order valence-corrected chi connectivity index (χ1v) is 4.11. The van der Waals surface area contributed by atoms with Crippen molar-refractivity contribution in [2.75, 3.05) is 11.9 Å². The van der Waals surface area contributed by atoms with E-state index < -0.39 is 6.61 Å². The molecule has 1 rings (SSSR count). The number of amides is 1. The summed E-state index contributed by atoms with van der Waals surface area (Å²) in [5.74, 6) is -0.382. The monoisotopic (exact) mass is 179 g/mol. The maximum atomic E-state index is 10.9. The Kier molecular flexibility index (Phi) is 3.03. The topological polar surface area (TPSA) is 49.3 Å². The normalized spacial score (nSPS) is 9.77. The van der Waals surface area contributed by atoms with Crippen LogP contribution in [-0.4, -0.2) is 17.6 Å². The van der Waals surface area contributed by atoms with Gasteiger partial charge in [-0.3, -0.25) is 4.79 Å². The molecule has 0 unspecified atom stereocenters. The van der Waals surface area contributed by atoms with Crippen LogP contribution in [0, 0.1) is 13.8 Å². The molecule has 0 saturated heterocycles. The fraction of sp³-hybridized carbons (Fsp3) is 0.300. The number of carbonyl (C=O) groups is 1. The largest absolute Gasteiger partial charge is 0.387 e. The van der Waals surface area contributed by atoms with Crippen molar-refractivity contribution in [2.24, 2.45) is 0 Å². The third kappa shape index (κ3) is 2.56. The molecular weight excluding hydrogens is 166 g/mol. The first kappa shape index (κ1) is 9.74. The number of aliphatic hydroxyl groups is 1. The standard InChI is InChI=1S/C10H13NO2/c1-7-3-4-9(8(2)5-7)11-10(13)6-12/h3-5,12H,6H2,1-2H3,(H,11,13). The average molecular weight is 179 g/mol. The molecule has 3 nitrogen and oxygen atoms in total. The van der Waals surface area contributed by atoms with Crippen LogP contribution in [0.4, 0.5) is 5.69 Å². The van der Waals surface area contributed by atoms with Crippen molar-refractivity contribution < 1.29 is 9.90 Å². The Hall–Kier alpha value is -1.35. The van der Waals surface area contributed by atoms with Crippen molar-refractivity contribution in [1.29, 1.82) is 0 Å². The summed E-state index contributed by atoms with van der Waals surface area (Å²) < 4.78 is 0. The van der Waals surface area contributed by atoms with Gasteiger partial charge in [0.15, 0.2) is 0 Å². The van der Waals surface area contributed by atoms with Crippen molar-refractivity contribution in [2.45, 2.75) is 13.8 Å². The van der Waals surface area contributed by atoms with Crippen LogP contribution >= 0.6 is 0 Å². The Morgan fingerprint density at radius 3 is 2.69 bits per heavy atom. The fourth-order valence-electron chi connectivity index (χ4n) is 1.14. The van der Waals surface area contributed by atoms with Gasteiger partial charge in [-0.25, -0.2) is 0 Å². The van der Waals surface area contributed by atoms with Gasteiger partial charge in [-0.15, -0.1) is 0 Å². The minimum atomic E-state index is -0.479. The SMILES string of the molecule is Cc1ccc(NC(=O)CO)c(C)c1. The molecule has 70 valence electrons. The molecule has 0 heterocycles. The zero-order valence-electron chi connectivity index (χ0n) is 7.79. The minimum absolute atomic E-state index is 0.382. The van der Waals surface area contributed by atoms with Crippen molar-refractivity contribution in [3.05, 3.63) is 29.3 Å². The van der Waals surface area contributed by atoms with Crippen LogP contribution in [0.1, 0.15) is 11.1 Å².